The molecular weight excluding hydrogens is 378 g/mol. The minimum atomic E-state index is 0.0993. The van der Waals surface area contributed by atoms with Crippen molar-refractivity contribution in [3.05, 3.63) is 60.3 Å². The Morgan fingerprint density at radius 3 is 2.40 bits per heavy atom. The maximum Gasteiger partial charge on any atom is 0.253 e. The van der Waals surface area contributed by atoms with Gasteiger partial charge in [-0.25, -0.2) is 0 Å². The number of hydrogen-bond acceptors (Lipinski definition) is 6. The molecule has 0 atom stereocenters. The topological polar surface area (TPSA) is 61.8 Å². The smallest absolute Gasteiger partial charge is 0.253 e. The summed E-state index contributed by atoms with van der Waals surface area (Å²) in [5, 5.41) is 10.8. The van der Waals surface area contributed by atoms with E-state index in [-0.39, 0.29) is 5.91 Å². The van der Waals surface area contributed by atoms with Crippen molar-refractivity contribution in [1.29, 1.82) is 0 Å². The number of rotatable bonds is 3. The maximum absolute atomic E-state index is 13.0. The molecule has 2 saturated heterocycles. The van der Waals surface area contributed by atoms with Gasteiger partial charge in [0.15, 0.2) is 5.82 Å². The molecule has 5 rings (SSSR count). The van der Waals surface area contributed by atoms with E-state index < -0.39 is 0 Å². The minimum Gasteiger partial charge on any atom is -0.378 e. The fraction of sp³-hybridized carbons (Fsp3) is 0.348. The Labute approximate surface area is 175 Å². The predicted octanol–water partition coefficient (Wildman–Crippen LogP) is 2.43. The van der Waals surface area contributed by atoms with Gasteiger partial charge < -0.3 is 19.4 Å². The van der Waals surface area contributed by atoms with Crippen molar-refractivity contribution in [2.45, 2.75) is 0 Å². The summed E-state index contributed by atoms with van der Waals surface area (Å²) in [5.41, 5.74) is 1.81. The van der Waals surface area contributed by atoms with E-state index in [0.717, 1.165) is 67.2 Å². The molecule has 0 bridgehead atoms. The first kappa shape index (κ1) is 18.8. The van der Waals surface area contributed by atoms with Crippen molar-refractivity contribution in [1.82, 2.24) is 15.1 Å². The number of fused-ring (bicyclic) bond motifs is 1. The van der Waals surface area contributed by atoms with Crippen LogP contribution in [0.1, 0.15) is 10.4 Å². The third-order valence-corrected chi connectivity index (χ3v) is 5.89. The number of amides is 1. The molecule has 30 heavy (non-hydrogen) atoms. The number of ether oxygens (including phenoxy) is 1. The first-order chi connectivity index (χ1) is 14.8. The van der Waals surface area contributed by atoms with Crippen LogP contribution < -0.4 is 9.80 Å². The third-order valence-electron chi connectivity index (χ3n) is 5.89. The quantitative estimate of drug-likeness (QED) is 0.669. The average molecular weight is 403 g/mol. The Morgan fingerprint density at radius 2 is 1.60 bits per heavy atom. The van der Waals surface area contributed by atoms with Gasteiger partial charge in [-0.1, -0.05) is 30.3 Å². The lowest BCUT2D eigenvalue weighted by Gasteiger charge is -2.36. The van der Waals surface area contributed by atoms with E-state index >= 15 is 0 Å². The van der Waals surface area contributed by atoms with Crippen LogP contribution in [0.25, 0.3) is 10.8 Å². The number of hydrogen-bond donors (Lipinski definition) is 0. The zero-order valence-corrected chi connectivity index (χ0v) is 16.9. The molecule has 2 aliphatic rings. The van der Waals surface area contributed by atoms with Crippen LogP contribution in [-0.2, 0) is 4.74 Å². The van der Waals surface area contributed by atoms with Gasteiger partial charge in [0.2, 0.25) is 0 Å². The Hall–Kier alpha value is -3.19. The summed E-state index contributed by atoms with van der Waals surface area (Å²) in [4.78, 5) is 19.4. The number of piperazine rings is 1. The fourth-order valence-electron chi connectivity index (χ4n) is 4.14. The highest BCUT2D eigenvalue weighted by molar-refractivity contribution is 5.98. The molecule has 1 aromatic heterocycles. The van der Waals surface area contributed by atoms with Gasteiger partial charge in [0, 0.05) is 50.9 Å². The molecule has 0 aliphatic carbocycles. The lowest BCUT2D eigenvalue weighted by atomic mass is 10.1. The molecular formula is C23H25N5O2. The van der Waals surface area contributed by atoms with Crippen LogP contribution in [0.3, 0.4) is 0 Å². The van der Waals surface area contributed by atoms with E-state index in [2.05, 4.69) is 32.1 Å². The molecule has 2 aliphatic heterocycles. The lowest BCUT2D eigenvalue weighted by Crippen LogP contribution is -2.49. The highest BCUT2D eigenvalue weighted by Crippen LogP contribution is 2.22. The summed E-state index contributed by atoms with van der Waals surface area (Å²) in [7, 11) is 0. The normalized spacial score (nSPS) is 17.4. The van der Waals surface area contributed by atoms with Crippen molar-refractivity contribution in [2.24, 2.45) is 0 Å². The van der Waals surface area contributed by atoms with Crippen LogP contribution in [0, 0.1) is 0 Å². The highest BCUT2D eigenvalue weighted by atomic mass is 16.5. The largest absolute Gasteiger partial charge is 0.378 e. The van der Waals surface area contributed by atoms with Crippen molar-refractivity contribution < 1.29 is 9.53 Å². The van der Waals surface area contributed by atoms with E-state index in [1.54, 1.807) is 0 Å². The lowest BCUT2D eigenvalue weighted by molar-refractivity contribution is 0.0747. The first-order valence-electron chi connectivity index (χ1n) is 10.5. The molecule has 2 fully saturated rings. The van der Waals surface area contributed by atoms with Crippen LogP contribution in [-0.4, -0.2) is 73.5 Å². The van der Waals surface area contributed by atoms with Gasteiger partial charge in [-0.2, -0.15) is 5.10 Å². The van der Waals surface area contributed by atoms with Gasteiger partial charge >= 0.3 is 0 Å². The molecule has 2 aromatic carbocycles. The van der Waals surface area contributed by atoms with Crippen molar-refractivity contribution >= 4 is 28.2 Å². The summed E-state index contributed by atoms with van der Waals surface area (Å²) < 4.78 is 5.42. The molecule has 0 radical (unpaired) electrons. The summed E-state index contributed by atoms with van der Waals surface area (Å²) in [5.74, 6) is 0.993. The van der Waals surface area contributed by atoms with E-state index in [1.807, 2.05) is 47.5 Å². The van der Waals surface area contributed by atoms with Gasteiger partial charge in [0.05, 0.1) is 25.1 Å². The summed E-state index contributed by atoms with van der Waals surface area (Å²) in [6.07, 6.45) is 1.81. The van der Waals surface area contributed by atoms with E-state index in [4.69, 9.17) is 4.74 Å². The number of carbonyl (C=O) groups excluding carboxylic acids is 1. The van der Waals surface area contributed by atoms with E-state index in [0.29, 0.717) is 13.1 Å². The predicted molar refractivity (Wildman–Crippen MR) is 117 cm³/mol. The van der Waals surface area contributed by atoms with Gasteiger partial charge in [-0.3, -0.25) is 4.79 Å². The highest BCUT2D eigenvalue weighted by Gasteiger charge is 2.23. The first-order valence-corrected chi connectivity index (χ1v) is 10.5. The molecule has 154 valence electrons. The van der Waals surface area contributed by atoms with Crippen LogP contribution >= 0.6 is 0 Å². The molecule has 0 N–H and O–H groups in total. The monoisotopic (exact) mass is 403 g/mol. The fourth-order valence-corrected chi connectivity index (χ4v) is 4.14. The second-order valence-electron chi connectivity index (χ2n) is 7.71. The van der Waals surface area contributed by atoms with Crippen molar-refractivity contribution in [3.8, 4) is 0 Å². The third kappa shape index (κ3) is 3.80. The Morgan fingerprint density at radius 1 is 0.833 bits per heavy atom. The Bertz CT molecular complexity index is 1040. The van der Waals surface area contributed by atoms with E-state index in [1.165, 1.54) is 0 Å². The summed E-state index contributed by atoms with van der Waals surface area (Å²) >= 11 is 0. The second-order valence-corrected chi connectivity index (χ2v) is 7.71. The Kier molecular flexibility index (Phi) is 5.19. The Balaban J connectivity index is 1.25. The summed E-state index contributed by atoms with van der Waals surface area (Å²) in [6.45, 7) is 6.09. The van der Waals surface area contributed by atoms with Gasteiger partial charge in [-0.05, 0) is 22.9 Å². The number of benzene rings is 2. The number of nitrogens with zero attached hydrogens (tertiary/aromatic N) is 5. The van der Waals surface area contributed by atoms with Crippen LogP contribution in [0.5, 0.6) is 0 Å². The zero-order chi connectivity index (χ0) is 20.3. The van der Waals surface area contributed by atoms with Crippen LogP contribution in [0.4, 0.5) is 11.5 Å². The van der Waals surface area contributed by atoms with Crippen LogP contribution in [0.2, 0.25) is 0 Å². The molecule has 7 heteroatoms. The standard InChI is InChI=1S/C23H25N5O2/c29-23(20-6-5-18-3-1-2-4-19(18)15-20)28-9-7-26(8-10-28)21-16-22(25-24-17-21)27-11-13-30-14-12-27/h1-6,15-17H,7-14H2. The van der Waals surface area contributed by atoms with Gasteiger partial charge in [-0.15, -0.1) is 5.10 Å². The van der Waals surface area contributed by atoms with Crippen LogP contribution in [0.15, 0.2) is 54.7 Å². The second kappa shape index (κ2) is 8.28. The van der Waals surface area contributed by atoms with E-state index in [9.17, 15) is 4.79 Å². The number of morpholine rings is 1. The van der Waals surface area contributed by atoms with Gasteiger partial charge in [0.1, 0.15) is 0 Å². The molecule has 0 unspecified atom stereocenters. The SMILES string of the molecule is O=C(c1ccc2ccccc2c1)N1CCN(c2cnnc(N3CCOCC3)c2)CC1. The molecule has 0 saturated carbocycles. The molecule has 7 nitrogen and oxygen atoms in total. The van der Waals surface area contributed by atoms with Crippen molar-refractivity contribution in [3.63, 3.8) is 0 Å². The summed E-state index contributed by atoms with van der Waals surface area (Å²) in [6, 6.07) is 16.2. The molecule has 0 spiro atoms. The molecule has 1 amide bonds. The minimum absolute atomic E-state index is 0.0993. The zero-order valence-electron chi connectivity index (χ0n) is 16.9. The molecule has 3 aromatic rings. The number of carbonyl (C=O) groups is 1. The average Bonchev–Trinajstić information content (AvgIpc) is 2.84. The number of aromatic nitrogens is 2. The number of anilines is 2. The van der Waals surface area contributed by atoms with Crippen molar-refractivity contribution in [2.75, 3.05) is 62.3 Å². The maximum atomic E-state index is 13.0. The van der Waals surface area contributed by atoms with Gasteiger partial charge in [0.25, 0.3) is 5.91 Å². The molecule has 3 heterocycles.